The van der Waals surface area contributed by atoms with Crippen molar-refractivity contribution in [3.63, 3.8) is 0 Å². The van der Waals surface area contributed by atoms with Crippen LogP contribution in [0.4, 0.5) is 0 Å². The van der Waals surface area contributed by atoms with Crippen molar-refractivity contribution >= 4 is 19.8 Å². The van der Waals surface area contributed by atoms with E-state index in [-0.39, 0.29) is 26.1 Å². The molecule has 0 spiro atoms. The van der Waals surface area contributed by atoms with Crippen molar-refractivity contribution in [2.75, 3.05) is 47.5 Å². The van der Waals surface area contributed by atoms with Gasteiger partial charge in [0.25, 0.3) is 7.82 Å². The number of phosphoric acid groups is 1. The number of ether oxygens (including phenoxy) is 2. The average molecular weight is 1200 g/mol. The molecule has 0 heterocycles. The van der Waals surface area contributed by atoms with Crippen LogP contribution in [0.5, 0.6) is 0 Å². The third kappa shape index (κ3) is 67.7. The van der Waals surface area contributed by atoms with Gasteiger partial charge in [0.05, 0.1) is 27.7 Å². The van der Waals surface area contributed by atoms with E-state index in [2.05, 4.69) is 220 Å². The Hall–Kier alpha value is -5.41. The summed E-state index contributed by atoms with van der Waals surface area (Å²) in [6, 6.07) is 0. The van der Waals surface area contributed by atoms with Gasteiger partial charge in [0.2, 0.25) is 0 Å². The Labute approximate surface area is 525 Å². The van der Waals surface area contributed by atoms with Crippen molar-refractivity contribution in [2.45, 2.75) is 213 Å². The lowest BCUT2D eigenvalue weighted by atomic mass is 10.1. The third-order valence-corrected chi connectivity index (χ3v) is 13.8. The summed E-state index contributed by atoms with van der Waals surface area (Å²) in [6.45, 7) is 3.92. The molecule has 0 bridgehead atoms. The highest BCUT2D eigenvalue weighted by Gasteiger charge is 2.22. The Kier molecular flexibility index (Phi) is 60.0. The SMILES string of the molecule is CC/C=C\C/C=C\C/C=C\C/C=C\C/C=C\C/C=C\C/C=C\C/C=C\C/C=C\C/C=C\CCCCCCCCC(=O)OC(COC(=O)CCCCC/C=C\C/C=C\C/C=C\C/C=C\C/C=C\C/C=C\C/C=C\CC)COP(=O)([O-])OCC[N+](C)(C)C. The molecule has 0 aliphatic rings. The monoisotopic (exact) mass is 1200 g/mol. The molecule has 0 aromatic heterocycles. The zero-order valence-corrected chi connectivity index (χ0v) is 55.3. The van der Waals surface area contributed by atoms with Gasteiger partial charge in [0, 0.05) is 12.8 Å². The van der Waals surface area contributed by atoms with Crippen LogP contribution in [0.3, 0.4) is 0 Å². The number of hydrogen-bond acceptors (Lipinski definition) is 8. The molecule has 0 aliphatic carbocycles. The van der Waals surface area contributed by atoms with Crippen molar-refractivity contribution in [1.82, 2.24) is 0 Å². The Bertz CT molecular complexity index is 2200. The van der Waals surface area contributed by atoms with Crippen molar-refractivity contribution in [1.29, 1.82) is 0 Å². The first-order chi connectivity index (χ1) is 42.0. The van der Waals surface area contributed by atoms with E-state index < -0.39 is 32.5 Å². The minimum absolute atomic E-state index is 0.0525. The number of carbonyl (C=O) groups is 2. The first-order valence-electron chi connectivity index (χ1n) is 32.8. The van der Waals surface area contributed by atoms with Crippen molar-refractivity contribution in [3.8, 4) is 0 Å². The zero-order valence-electron chi connectivity index (χ0n) is 54.4. The van der Waals surface area contributed by atoms with Crippen LogP contribution in [0, 0.1) is 0 Å². The minimum atomic E-state index is -4.67. The lowest BCUT2D eigenvalue weighted by Gasteiger charge is -2.28. The normalized spacial score (nSPS) is 14.5. The van der Waals surface area contributed by atoms with Gasteiger partial charge in [-0.25, -0.2) is 0 Å². The average Bonchev–Trinajstić information content (AvgIpc) is 3.67. The van der Waals surface area contributed by atoms with Crippen LogP contribution in [0.2, 0.25) is 0 Å². The molecule has 0 fully saturated rings. The molecule has 0 amide bonds. The number of allylic oxidation sites excluding steroid dienone is 34. The van der Waals surface area contributed by atoms with Gasteiger partial charge in [-0.2, -0.15) is 0 Å². The van der Waals surface area contributed by atoms with E-state index in [4.69, 9.17) is 18.5 Å². The maximum absolute atomic E-state index is 12.8. The first-order valence-corrected chi connectivity index (χ1v) is 34.3. The smallest absolute Gasteiger partial charge is 0.306 e. The molecule has 2 unspecified atom stereocenters. The number of likely N-dealkylation sites (N-methyl/N-ethyl adjacent to an activating group) is 1. The number of quaternary nitrogens is 1. The van der Waals surface area contributed by atoms with E-state index in [0.717, 1.165) is 167 Å². The first kappa shape index (κ1) is 80.6. The van der Waals surface area contributed by atoms with Gasteiger partial charge in [-0.15, -0.1) is 0 Å². The highest BCUT2D eigenvalue weighted by atomic mass is 31.2. The molecular formula is C76H118NO8P. The number of rotatable bonds is 57. The fraction of sp³-hybridized carbons (Fsp3) is 0.526. The van der Waals surface area contributed by atoms with Crippen molar-refractivity contribution < 1.29 is 42.1 Å². The topological polar surface area (TPSA) is 111 Å². The van der Waals surface area contributed by atoms with Gasteiger partial charge in [0.1, 0.15) is 19.8 Å². The summed E-state index contributed by atoms with van der Waals surface area (Å²) in [5, 5.41) is 0. The van der Waals surface area contributed by atoms with Gasteiger partial charge in [-0.3, -0.25) is 14.2 Å². The molecule has 0 saturated heterocycles. The van der Waals surface area contributed by atoms with Crippen molar-refractivity contribution in [3.05, 3.63) is 207 Å². The molecular weight excluding hydrogens is 1090 g/mol. The quantitative estimate of drug-likeness (QED) is 0.0195. The Morgan fingerprint density at radius 1 is 0.360 bits per heavy atom. The van der Waals surface area contributed by atoms with Gasteiger partial charge in [-0.1, -0.05) is 253 Å². The molecule has 0 aromatic carbocycles. The zero-order chi connectivity index (χ0) is 62.6. The summed E-state index contributed by atoms with van der Waals surface area (Å²) in [5.74, 6) is -0.908. The summed E-state index contributed by atoms with van der Waals surface area (Å²) >= 11 is 0. The summed E-state index contributed by atoms with van der Waals surface area (Å²) in [5.41, 5.74) is 0. The molecule has 0 aliphatic heterocycles. The summed E-state index contributed by atoms with van der Waals surface area (Å²) in [4.78, 5) is 38.0. The lowest BCUT2D eigenvalue weighted by Crippen LogP contribution is -2.37. The number of hydrogen-bond donors (Lipinski definition) is 0. The van der Waals surface area contributed by atoms with Crippen LogP contribution in [-0.4, -0.2) is 70.0 Å². The fourth-order valence-electron chi connectivity index (χ4n) is 7.84. The van der Waals surface area contributed by atoms with Crippen molar-refractivity contribution in [2.24, 2.45) is 0 Å². The molecule has 86 heavy (non-hydrogen) atoms. The summed E-state index contributed by atoms with van der Waals surface area (Å²) in [7, 11) is 1.10. The molecule has 0 N–H and O–H groups in total. The summed E-state index contributed by atoms with van der Waals surface area (Å²) < 4.78 is 34.2. The summed E-state index contributed by atoms with van der Waals surface area (Å²) in [6.07, 6.45) is 102. The van der Waals surface area contributed by atoms with Crippen LogP contribution >= 0.6 is 7.82 Å². The largest absolute Gasteiger partial charge is 0.756 e. The molecule has 10 heteroatoms. The highest BCUT2D eigenvalue weighted by molar-refractivity contribution is 7.45. The van der Waals surface area contributed by atoms with Crippen LogP contribution in [0.25, 0.3) is 0 Å². The Morgan fingerprint density at radius 3 is 0.942 bits per heavy atom. The molecule has 0 aromatic rings. The highest BCUT2D eigenvalue weighted by Crippen LogP contribution is 2.38. The maximum Gasteiger partial charge on any atom is 0.306 e. The van der Waals surface area contributed by atoms with Crippen LogP contribution in [0.15, 0.2) is 207 Å². The number of nitrogens with zero attached hydrogens (tertiary/aromatic N) is 1. The predicted molar refractivity (Wildman–Crippen MR) is 368 cm³/mol. The minimum Gasteiger partial charge on any atom is -0.756 e. The molecule has 480 valence electrons. The van der Waals surface area contributed by atoms with Crippen LogP contribution in [0.1, 0.15) is 206 Å². The Balaban J connectivity index is 4.27. The number of phosphoric ester groups is 1. The molecule has 9 nitrogen and oxygen atoms in total. The third-order valence-electron chi connectivity index (χ3n) is 12.8. The van der Waals surface area contributed by atoms with E-state index in [9.17, 15) is 19.0 Å². The second-order valence-corrected chi connectivity index (χ2v) is 23.4. The van der Waals surface area contributed by atoms with Gasteiger partial charge >= 0.3 is 11.9 Å². The molecule has 2 atom stereocenters. The van der Waals surface area contributed by atoms with E-state index in [1.54, 1.807) is 0 Å². The van der Waals surface area contributed by atoms with E-state index in [1.165, 1.54) is 0 Å². The molecule has 0 rings (SSSR count). The van der Waals surface area contributed by atoms with E-state index in [0.29, 0.717) is 23.9 Å². The second-order valence-electron chi connectivity index (χ2n) is 22.0. The van der Waals surface area contributed by atoms with Gasteiger partial charge < -0.3 is 27.9 Å². The Morgan fingerprint density at radius 2 is 0.628 bits per heavy atom. The van der Waals surface area contributed by atoms with Crippen LogP contribution < -0.4 is 4.89 Å². The standard InChI is InChI=1S/C76H118NO8P/c1-6-8-10-12-14-16-18-20-22-24-26-28-30-32-33-34-35-36-37-38-39-40-41-42-43-45-47-49-51-53-55-57-59-61-63-65-67-69-76(79)85-74(73-84-86(80,81)83-71-70-77(3,4)5)72-82-75(78)68-66-64-62-60-58-56-54-52-50-48-46-44-31-29-27-25-23-21-19-17-15-13-11-9-7-2/h8-11,14-17,20-23,26-29,32-33,35-36,38-39,41-42,44-47,50-53,56,58,74H,6-7,12-13,18-19,24-25,30-31,34,37,40,43,48-49,54-55,57,59-73H2,1-5H3/b10-8-,11-9-,16-14-,17-15-,22-20-,23-21-,28-26-,29-27-,33-32-,36-35-,39-38-,42-41-,46-44-,47-45-,52-50-,53-51-,58-56-. The molecule has 0 saturated carbocycles. The van der Waals surface area contributed by atoms with Gasteiger partial charge in [-0.05, 0) is 148 Å². The van der Waals surface area contributed by atoms with Gasteiger partial charge in [0.15, 0.2) is 6.10 Å². The van der Waals surface area contributed by atoms with E-state index in [1.807, 2.05) is 21.1 Å². The number of unbranched alkanes of at least 4 members (excludes halogenated alkanes) is 9. The maximum atomic E-state index is 12.8. The van der Waals surface area contributed by atoms with Crippen LogP contribution in [-0.2, 0) is 32.7 Å². The molecule has 0 radical (unpaired) electrons. The fourth-order valence-corrected chi connectivity index (χ4v) is 8.57. The number of carbonyl (C=O) groups excluding carboxylic acids is 2. The number of esters is 2. The lowest BCUT2D eigenvalue weighted by molar-refractivity contribution is -0.870. The predicted octanol–water partition coefficient (Wildman–Crippen LogP) is 20.8. The van der Waals surface area contributed by atoms with E-state index >= 15 is 0 Å². The second kappa shape index (κ2) is 64.1.